The van der Waals surface area contributed by atoms with E-state index in [4.69, 9.17) is 0 Å². The zero-order valence-corrected chi connectivity index (χ0v) is 14.8. The number of aromatic carboxylic acids is 1. The van der Waals surface area contributed by atoms with Crippen LogP contribution in [0.15, 0.2) is 54.6 Å². The summed E-state index contributed by atoms with van der Waals surface area (Å²) in [6, 6.07) is 15.1. The van der Waals surface area contributed by atoms with Crippen molar-refractivity contribution in [2.45, 2.75) is 13.8 Å². The molecule has 0 aliphatic carbocycles. The molecule has 134 valence electrons. The van der Waals surface area contributed by atoms with Crippen LogP contribution in [0.25, 0.3) is 27.8 Å². The predicted octanol–water partition coefficient (Wildman–Crippen LogP) is 4.54. The molecule has 0 aliphatic heterocycles. The van der Waals surface area contributed by atoms with E-state index in [2.05, 4.69) is 10.1 Å². The fourth-order valence-corrected chi connectivity index (χ4v) is 3.30. The summed E-state index contributed by atoms with van der Waals surface area (Å²) in [6.45, 7) is 3.68. The highest BCUT2D eigenvalue weighted by Crippen LogP contribution is 2.34. The first kappa shape index (κ1) is 16.9. The number of aryl methyl sites for hydroxylation is 2. The molecule has 0 aliphatic rings. The highest BCUT2D eigenvalue weighted by molar-refractivity contribution is 6.08. The lowest BCUT2D eigenvalue weighted by molar-refractivity contribution is 0.0699. The Morgan fingerprint density at radius 3 is 2.44 bits per heavy atom. The largest absolute Gasteiger partial charge is 0.478 e. The van der Waals surface area contributed by atoms with E-state index in [0.717, 1.165) is 17.0 Å². The van der Waals surface area contributed by atoms with E-state index in [0.29, 0.717) is 16.9 Å². The number of carbonyl (C=O) groups is 1. The number of pyridine rings is 1. The van der Waals surface area contributed by atoms with Gasteiger partial charge in [-0.2, -0.15) is 5.10 Å². The minimum Gasteiger partial charge on any atom is -0.478 e. The highest BCUT2D eigenvalue weighted by Gasteiger charge is 2.24. The molecule has 2 aromatic carbocycles. The van der Waals surface area contributed by atoms with Gasteiger partial charge in [-0.25, -0.2) is 18.9 Å². The molecule has 4 aromatic rings. The maximum absolute atomic E-state index is 13.9. The van der Waals surface area contributed by atoms with Gasteiger partial charge in [-0.15, -0.1) is 0 Å². The predicted molar refractivity (Wildman–Crippen MR) is 101 cm³/mol. The first-order valence-electron chi connectivity index (χ1n) is 8.41. The third-order valence-electron chi connectivity index (χ3n) is 4.40. The van der Waals surface area contributed by atoms with Crippen molar-refractivity contribution in [3.05, 3.63) is 77.4 Å². The molecule has 4 rings (SSSR count). The smallest absolute Gasteiger partial charge is 0.338 e. The Morgan fingerprint density at radius 2 is 1.81 bits per heavy atom. The van der Waals surface area contributed by atoms with Gasteiger partial charge in [-0.3, -0.25) is 0 Å². The van der Waals surface area contributed by atoms with Crippen LogP contribution in [0.1, 0.15) is 21.7 Å². The molecule has 2 aromatic heterocycles. The van der Waals surface area contributed by atoms with Gasteiger partial charge in [0, 0.05) is 16.6 Å². The second-order valence-electron chi connectivity index (χ2n) is 6.36. The molecule has 0 saturated heterocycles. The zero-order valence-electron chi connectivity index (χ0n) is 14.8. The summed E-state index contributed by atoms with van der Waals surface area (Å²) in [4.78, 5) is 16.9. The van der Waals surface area contributed by atoms with Crippen molar-refractivity contribution in [2.24, 2.45) is 0 Å². The summed E-state index contributed by atoms with van der Waals surface area (Å²) >= 11 is 0. The number of fused-ring (bicyclic) bond motifs is 1. The van der Waals surface area contributed by atoms with Crippen LogP contribution in [-0.4, -0.2) is 25.8 Å². The molecule has 0 spiro atoms. The molecule has 0 amide bonds. The molecule has 5 nitrogen and oxygen atoms in total. The Kier molecular flexibility index (Phi) is 3.96. The fraction of sp³-hybridized carbons (Fsp3) is 0.0952. The van der Waals surface area contributed by atoms with E-state index < -0.39 is 11.8 Å². The topological polar surface area (TPSA) is 68.0 Å². The molecule has 1 N–H and O–H groups in total. The van der Waals surface area contributed by atoms with Gasteiger partial charge >= 0.3 is 5.97 Å². The van der Waals surface area contributed by atoms with Crippen LogP contribution in [0.2, 0.25) is 0 Å². The summed E-state index contributed by atoms with van der Waals surface area (Å²) in [7, 11) is 0. The van der Waals surface area contributed by atoms with Crippen LogP contribution < -0.4 is 0 Å². The normalized spacial score (nSPS) is 11.1. The number of nitrogens with zero attached hydrogens (tertiary/aromatic N) is 3. The van der Waals surface area contributed by atoms with Crippen molar-refractivity contribution in [1.82, 2.24) is 14.8 Å². The Morgan fingerprint density at radius 1 is 1.07 bits per heavy atom. The van der Waals surface area contributed by atoms with Crippen molar-refractivity contribution in [1.29, 1.82) is 0 Å². The van der Waals surface area contributed by atoms with Gasteiger partial charge in [-0.1, -0.05) is 30.3 Å². The van der Waals surface area contributed by atoms with Crippen molar-refractivity contribution in [2.75, 3.05) is 0 Å². The van der Waals surface area contributed by atoms with E-state index in [1.807, 2.05) is 50.2 Å². The molecule has 2 heterocycles. The Hall–Kier alpha value is -3.54. The lowest BCUT2D eigenvalue weighted by Gasteiger charge is -2.16. The molecule has 0 unspecified atom stereocenters. The van der Waals surface area contributed by atoms with Crippen LogP contribution >= 0.6 is 0 Å². The SMILES string of the molecule is Cc1cc(C)n(-c2c(-c3ccccc3)nc3ccc(F)cc3c2C(=O)O)n1. The van der Waals surface area contributed by atoms with E-state index in [1.54, 1.807) is 4.68 Å². The average molecular weight is 361 g/mol. The molecule has 0 bridgehead atoms. The second kappa shape index (κ2) is 6.32. The van der Waals surface area contributed by atoms with Crippen molar-refractivity contribution >= 4 is 16.9 Å². The lowest BCUT2D eigenvalue weighted by Crippen LogP contribution is -2.12. The van der Waals surface area contributed by atoms with Gasteiger partial charge in [0.15, 0.2) is 0 Å². The number of aromatic nitrogens is 3. The first-order chi connectivity index (χ1) is 13.0. The second-order valence-corrected chi connectivity index (χ2v) is 6.36. The van der Waals surface area contributed by atoms with Gasteiger partial charge in [0.05, 0.1) is 22.5 Å². The Balaban J connectivity index is 2.21. The van der Waals surface area contributed by atoms with Gasteiger partial charge in [-0.05, 0) is 38.1 Å². The molecule has 0 atom stereocenters. The maximum Gasteiger partial charge on any atom is 0.338 e. The van der Waals surface area contributed by atoms with Crippen LogP contribution in [0.4, 0.5) is 4.39 Å². The zero-order chi connectivity index (χ0) is 19.1. The van der Waals surface area contributed by atoms with Crippen LogP contribution in [0, 0.1) is 19.7 Å². The van der Waals surface area contributed by atoms with E-state index >= 15 is 0 Å². The van der Waals surface area contributed by atoms with Crippen LogP contribution in [0.5, 0.6) is 0 Å². The number of hydrogen-bond donors (Lipinski definition) is 1. The van der Waals surface area contributed by atoms with Gasteiger partial charge < -0.3 is 5.11 Å². The minimum absolute atomic E-state index is 0.0236. The number of carboxylic acids is 1. The van der Waals surface area contributed by atoms with Crippen LogP contribution in [0.3, 0.4) is 0 Å². The van der Waals surface area contributed by atoms with Gasteiger partial charge in [0.25, 0.3) is 0 Å². The molecule has 0 fully saturated rings. The lowest BCUT2D eigenvalue weighted by atomic mass is 10.0. The summed E-state index contributed by atoms with van der Waals surface area (Å²) in [5.41, 5.74) is 3.49. The van der Waals surface area contributed by atoms with Crippen LogP contribution in [-0.2, 0) is 0 Å². The minimum atomic E-state index is -1.16. The quantitative estimate of drug-likeness (QED) is 0.582. The Labute approximate surface area is 154 Å². The fourth-order valence-electron chi connectivity index (χ4n) is 3.30. The number of rotatable bonds is 3. The summed E-state index contributed by atoms with van der Waals surface area (Å²) in [6.07, 6.45) is 0. The number of carboxylic acid groups (broad SMARTS) is 1. The summed E-state index contributed by atoms with van der Waals surface area (Å²) in [5, 5.41) is 14.7. The molecule has 0 radical (unpaired) electrons. The third-order valence-corrected chi connectivity index (χ3v) is 4.40. The first-order valence-corrected chi connectivity index (χ1v) is 8.41. The van der Waals surface area contributed by atoms with E-state index in [9.17, 15) is 14.3 Å². The molecular formula is C21H16FN3O2. The van der Waals surface area contributed by atoms with Crippen molar-refractivity contribution in [3.63, 3.8) is 0 Å². The molecule has 0 saturated carbocycles. The standard InChI is InChI=1S/C21H16FN3O2/c1-12-10-13(2)25(24-12)20-18(21(26)27)16-11-15(22)8-9-17(16)23-19(20)14-6-4-3-5-7-14/h3-11H,1-2H3,(H,26,27). The van der Waals surface area contributed by atoms with Gasteiger partial charge in [0.1, 0.15) is 11.5 Å². The van der Waals surface area contributed by atoms with E-state index in [1.165, 1.54) is 18.2 Å². The summed E-state index contributed by atoms with van der Waals surface area (Å²) < 4.78 is 15.4. The maximum atomic E-state index is 13.9. The molecular weight excluding hydrogens is 345 g/mol. The number of halogens is 1. The summed E-state index contributed by atoms with van der Waals surface area (Å²) in [5.74, 6) is -1.67. The average Bonchev–Trinajstić information content (AvgIpc) is 2.98. The number of benzene rings is 2. The van der Waals surface area contributed by atoms with Gasteiger partial charge in [0.2, 0.25) is 0 Å². The van der Waals surface area contributed by atoms with Crippen molar-refractivity contribution in [3.8, 4) is 16.9 Å². The van der Waals surface area contributed by atoms with Crippen molar-refractivity contribution < 1.29 is 14.3 Å². The van der Waals surface area contributed by atoms with E-state index in [-0.39, 0.29) is 10.9 Å². The molecule has 27 heavy (non-hydrogen) atoms. The number of hydrogen-bond acceptors (Lipinski definition) is 3. The Bertz CT molecular complexity index is 1180. The highest BCUT2D eigenvalue weighted by atomic mass is 19.1. The monoisotopic (exact) mass is 361 g/mol. The molecule has 6 heteroatoms. The third kappa shape index (κ3) is 2.85.